The van der Waals surface area contributed by atoms with Gasteiger partial charge < -0.3 is 0 Å². The minimum absolute atomic E-state index is 0.870. The molecular weight excluding hydrogens is 306 g/mol. The van der Waals surface area contributed by atoms with Gasteiger partial charge in [0, 0.05) is 24.0 Å². The number of hydrogen-bond acceptors (Lipinski definition) is 2. The summed E-state index contributed by atoms with van der Waals surface area (Å²) in [6.07, 6.45) is 17.3. The van der Waals surface area contributed by atoms with Crippen molar-refractivity contribution in [2.24, 2.45) is 0 Å². The molecule has 128 valence electrons. The first kappa shape index (κ1) is 18.4. The topological polar surface area (TPSA) is 30.2 Å². The molecule has 0 fully saturated rings. The van der Waals surface area contributed by atoms with Gasteiger partial charge in [-0.1, -0.05) is 80.1 Å². The summed E-state index contributed by atoms with van der Waals surface area (Å²) >= 11 is 0. The van der Waals surface area contributed by atoms with E-state index in [4.69, 9.17) is 0 Å². The maximum Gasteiger partial charge on any atom is 0.154 e. The Labute approximate surface area is 150 Å². The maximum absolute atomic E-state index is 4.32. The second kappa shape index (κ2) is 10.0. The fourth-order valence-corrected chi connectivity index (χ4v) is 2.28. The second-order valence-corrected chi connectivity index (χ2v) is 5.31. The molecule has 2 aromatic heterocycles. The molecule has 0 saturated heterocycles. The molecule has 3 nitrogen and oxygen atoms in total. The molecule has 0 atom stereocenters. The number of rotatable bonds is 1. The number of hydrogen-bond donors (Lipinski definition) is 0. The molecule has 25 heavy (non-hydrogen) atoms. The lowest BCUT2D eigenvalue weighted by atomic mass is 10.1. The van der Waals surface area contributed by atoms with E-state index in [-0.39, 0.29) is 0 Å². The fourth-order valence-electron chi connectivity index (χ4n) is 2.28. The fraction of sp³-hybridized carbons (Fsp3) is 0.182. The Kier molecular flexibility index (Phi) is 7.39. The molecule has 0 bridgehead atoms. The van der Waals surface area contributed by atoms with Crippen molar-refractivity contribution in [3.8, 4) is 11.1 Å². The molecule has 0 spiro atoms. The highest BCUT2D eigenvalue weighted by Gasteiger charge is 1.99. The monoisotopic (exact) mass is 331 g/mol. The van der Waals surface area contributed by atoms with Crippen LogP contribution in [0.25, 0.3) is 16.8 Å². The third-order valence-electron chi connectivity index (χ3n) is 3.54. The molecule has 1 aliphatic rings. The maximum atomic E-state index is 4.32. The van der Waals surface area contributed by atoms with Crippen molar-refractivity contribution in [3.05, 3.63) is 90.9 Å². The third kappa shape index (κ3) is 5.57. The first-order chi connectivity index (χ1) is 12.3. The van der Waals surface area contributed by atoms with Gasteiger partial charge in [-0.2, -0.15) is 5.10 Å². The van der Waals surface area contributed by atoms with E-state index in [1.165, 1.54) is 5.57 Å². The van der Waals surface area contributed by atoms with Gasteiger partial charge in [0.15, 0.2) is 5.65 Å². The molecule has 4 rings (SSSR count). The molecule has 3 heteroatoms. The zero-order chi connectivity index (χ0) is 17.9. The average Bonchev–Trinajstić information content (AvgIpc) is 3.02. The standard InChI is InChI=1S/C12H9N3.C8H10.C2H6/c1-2-4-10(5-3-1)11-8-13-12-6-7-14-15(12)9-11;1-8-6-4-2-3-5-7-8;1-2/h1-9H;2-4,6-7H,5H2,1H3;1-2H3. The lowest BCUT2D eigenvalue weighted by Crippen LogP contribution is -1.90. The van der Waals surface area contributed by atoms with Gasteiger partial charge in [-0.25, -0.2) is 9.50 Å². The Balaban J connectivity index is 0.000000192. The van der Waals surface area contributed by atoms with Crippen molar-refractivity contribution >= 4 is 5.65 Å². The van der Waals surface area contributed by atoms with Gasteiger partial charge in [0.25, 0.3) is 0 Å². The molecular formula is C22H25N3. The smallest absolute Gasteiger partial charge is 0.154 e. The van der Waals surface area contributed by atoms with E-state index in [1.807, 2.05) is 50.5 Å². The largest absolute Gasteiger partial charge is 0.236 e. The van der Waals surface area contributed by atoms with Crippen molar-refractivity contribution in [3.63, 3.8) is 0 Å². The van der Waals surface area contributed by atoms with E-state index in [0.29, 0.717) is 0 Å². The first-order valence-corrected chi connectivity index (χ1v) is 8.68. The Morgan fingerprint density at radius 3 is 2.56 bits per heavy atom. The molecule has 0 saturated carbocycles. The predicted molar refractivity (Wildman–Crippen MR) is 106 cm³/mol. The summed E-state index contributed by atoms with van der Waals surface area (Å²) in [6, 6.07) is 12.0. The first-order valence-electron chi connectivity index (χ1n) is 8.68. The highest BCUT2D eigenvalue weighted by atomic mass is 15.2. The summed E-state index contributed by atoms with van der Waals surface area (Å²) in [5.74, 6) is 0. The molecule has 1 aromatic carbocycles. The molecule has 1 aliphatic carbocycles. The van der Waals surface area contributed by atoms with Crippen LogP contribution in [0.15, 0.2) is 90.9 Å². The van der Waals surface area contributed by atoms with Crippen molar-refractivity contribution in [2.75, 3.05) is 0 Å². The van der Waals surface area contributed by atoms with Crippen LogP contribution in [0.1, 0.15) is 27.2 Å². The van der Waals surface area contributed by atoms with Gasteiger partial charge in [-0.3, -0.25) is 0 Å². The molecule has 0 aliphatic heterocycles. The lowest BCUT2D eigenvalue weighted by Gasteiger charge is -2.00. The van der Waals surface area contributed by atoms with Gasteiger partial charge in [-0.15, -0.1) is 0 Å². The second-order valence-electron chi connectivity index (χ2n) is 5.31. The van der Waals surface area contributed by atoms with Gasteiger partial charge >= 0.3 is 0 Å². The number of nitrogens with zero attached hydrogens (tertiary/aromatic N) is 3. The zero-order valence-corrected chi connectivity index (χ0v) is 15.1. The lowest BCUT2D eigenvalue weighted by molar-refractivity contribution is 0.941. The van der Waals surface area contributed by atoms with Gasteiger partial charge in [0.2, 0.25) is 0 Å². The highest BCUT2D eigenvalue weighted by molar-refractivity contribution is 5.62. The van der Waals surface area contributed by atoms with E-state index in [0.717, 1.165) is 23.2 Å². The van der Waals surface area contributed by atoms with Crippen LogP contribution in [0.4, 0.5) is 0 Å². The SMILES string of the molecule is CC.CC1=CCC=CC=C1.c1ccc(-c2cnc3ccnn3c2)cc1. The number of fused-ring (bicyclic) bond motifs is 1. The van der Waals surface area contributed by atoms with Crippen LogP contribution in [0.2, 0.25) is 0 Å². The summed E-state index contributed by atoms with van der Waals surface area (Å²) in [5, 5.41) is 4.16. The van der Waals surface area contributed by atoms with E-state index >= 15 is 0 Å². The number of benzene rings is 1. The summed E-state index contributed by atoms with van der Waals surface area (Å²) in [6.45, 7) is 6.11. The minimum Gasteiger partial charge on any atom is -0.236 e. The molecule has 2 heterocycles. The van der Waals surface area contributed by atoms with Crippen LogP contribution in [0.3, 0.4) is 0 Å². The van der Waals surface area contributed by atoms with Crippen LogP contribution in [0, 0.1) is 0 Å². The normalized spacial score (nSPS) is 12.4. The van der Waals surface area contributed by atoms with Crippen molar-refractivity contribution in [1.82, 2.24) is 14.6 Å². The zero-order valence-electron chi connectivity index (χ0n) is 15.1. The van der Waals surface area contributed by atoms with Crippen molar-refractivity contribution in [2.45, 2.75) is 27.2 Å². The summed E-state index contributed by atoms with van der Waals surface area (Å²) in [5.41, 5.74) is 4.46. The van der Waals surface area contributed by atoms with Crippen LogP contribution in [-0.4, -0.2) is 14.6 Å². The van der Waals surface area contributed by atoms with E-state index in [2.05, 4.69) is 59.5 Å². The number of allylic oxidation sites excluding steroid dienone is 6. The predicted octanol–water partition coefficient (Wildman–Crippen LogP) is 5.87. The summed E-state index contributed by atoms with van der Waals surface area (Å²) < 4.78 is 1.78. The van der Waals surface area contributed by atoms with Gasteiger partial charge in [0.1, 0.15) is 0 Å². The number of aromatic nitrogens is 3. The van der Waals surface area contributed by atoms with Crippen molar-refractivity contribution < 1.29 is 0 Å². The van der Waals surface area contributed by atoms with Crippen molar-refractivity contribution in [1.29, 1.82) is 0 Å². The van der Waals surface area contributed by atoms with Crippen LogP contribution in [0.5, 0.6) is 0 Å². The highest BCUT2D eigenvalue weighted by Crippen LogP contribution is 2.17. The molecule has 0 radical (unpaired) electrons. The quantitative estimate of drug-likeness (QED) is 0.558. The minimum atomic E-state index is 0.870. The Morgan fingerprint density at radius 2 is 1.76 bits per heavy atom. The molecule has 0 N–H and O–H groups in total. The Morgan fingerprint density at radius 1 is 0.960 bits per heavy atom. The summed E-state index contributed by atoms with van der Waals surface area (Å²) in [7, 11) is 0. The van der Waals surface area contributed by atoms with E-state index in [1.54, 1.807) is 10.7 Å². The van der Waals surface area contributed by atoms with Gasteiger partial charge in [0.05, 0.1) is 6.20 Å². The Bertz CT molecular complexity index is 852. The molecule has 0 unspecified atom stereocenters. The Hall–Kier alpha value is -2.94. The third-order valence-corrected chi connectivity index (χ3v) is 3.54. The molecule has 0 amide bonds. The summed E-state index contributed by atoms with van der Waals surface area (Å²) in [4.78, 5) is 4.32. The van der Waals surface area contributed by atoms with E-state index in [9.17, 15) is 0 Å². The van der Waals surface area contributed by atoms with Crippen LogP contribution >= 0.6 is 0 Å². The van der Waals surface area contributed by atoms with Gasteiger partial charge in [-0.05, 0) is 18.9 Å². The van der Waals surface area contributed by atoms with Crippen LogP contribution < -0.4 is 0 Å². The van der Waals surface area contributed by atoms with Crippen LogP contribution in [-0.2, 0) is 0 Å². The van der Waals surface area contributed by atoms with E-state index < -0.39 is 0 Å². The molecule has 3 aromatic rings. The average molecular weight is 331 g/mol.